The second kappa shape index (κ2) is 10.2. The van der Waals surface area contributed by atoms with Crippen molar-refractivity contribution in [2.24, 2.45) is 0 Å². The van der Waals surface area contributed by atoms with Gasteiger partial charge in [0.05, 0.1) is 11.0 Å². The maximum Gasteiger partial charge on any atom is 0.137 e. The summed E-state index contributed by atoms with van der Waals surface area (Å²) < 4.78 is 2.24. The van der Waals surface area contributed by atoms with Gasteiger partial charge in [-0.2, -0.15) is 0 Å². The molecule has 3 aromatic carbocycles. The standard InChI is InChI=1S/C36H26N2S2/c1-3-13-27-26(4-2)34(31-22-20-29(40-31)25-16-9-6-10-17-25)36-35(37-32-18-11-12-23-38(32)36)33(27)30-21-19-28(39-30)24-14-7-5-8-15-24/h3-23H,1H2,2H3/b26-4+,27-13+. The fourth-order valence-corrected chi connectivity index (χ4v) is 7.63. The molecule has 7 rings (SSSR count). The predicted octanol–water partition coefficient (Wildman–Crippen LogP) is 9.05. The number of aromatic nitrogens is 2. The lowest BCUT2D eigenvalue weighted by Gasteiger charge is -2.11. The Bertz CT molecular complexity index is 2130. The molecule has 0 radical (unpaired) electrons. The Hall–Kier alpha value is -4.51. The molecule has 0 N–H and O–H groups in total. The van der Waals surface area contributed by atoms with Gasteiger partial charge in [0.15, 0.2) is 0 Å². The Kier molecular flexibility index (Phi) is 6.27. The van der Waals surface area contributed by atoms with Crippen LogP contribution in [0.3, 0.4) is 0 Å². The Morgan fingerprint density at radius 2 is 1.23 bits per heavy atom. The summed E-state index contributed by atoms with van der Waals surface area (Å²) in [7, 11) is 0. The zero-order valence-corrected chi connectivity index (χ0v) is 23.7. The Morgan fingerprint density at radius 1 is 0.650 bits per heavy atom. The number of thiophene rings is 2. The number of hydrogen-bond acceptors (Lipinski definition) is 3. The number of pyridine rings is 1. The van der Waals surface area contributed by atoms with Crippen molar-refractivity contribution in [1.82, 2.24) is 9.38 Å². The van der Waals surface area contributed by atoms with Crippen LogP contribution in [0.4, 0.5) is 0 Å². The Balaban J connectivity index is 1.59. The molecular weight excluding hydrogens is 525 g/mol. The largest absolute Gasteiger partial charge is 0.299 e. The van der Waals surface area contributed by atoms with E-state index in [1.807, 2.05) is 28.7 Å². The molecule has 0 atom stereocenters. The third-order valence-corrected chi connectivity index (χ3v) is 9.53. The third kappa shape index (κ3) is 4.04. The Morgan fingerprint density at radius 3 is 1.82 bits per heavy atom. The van der Waals surface area contributed by atoms with Gasteiger partial charge in [0.2, 0.25) is 0 Å². The van der Waals surface area contributed by atoms with Crippen LogP contribution in [-0.2, 0) is 0 Å². The van der Waals surface area contributed by atoms with E-state index in [-0.39, 0.29) is 0 Å². The van der Waals surface area contributed by atoms with Gasteiger partial charge in [-0.3, -0.25) is 4.40 Å². The van der Waals surface area contributed by atoms with Gasteiger partial charge in [0, 0.05) is 36.8 Å². The summed E-state index contributed by atoms with van der Waals surface area (Å²) in [5.74, 6) is 0. The summed E-state index contributed by atoms with van der Waals surface area (Å²) in [5, 5.41) is 2.35. The first kappa shape index (κ1) is 24.5. The van der Waals surface area contributed by atoms with Gasteiger partial charge in [-0.05, 0) is 64.9 Å². The van der Waals surface area contributed by atoms with Crippen LogP contribution in [0.25, 0.3) is 70.6 Å². The highest BCUT2D eigenvalue weighted by molar-refractivity contribution is 7.19. The van der Waals surface area contributed by atoms with Crippen LogP contribution in [0.5, 0.6) is 0 Å². The lowest BCUT2D eigenvalue weighted by atomic mass is 9.98. The summed E-state index contributed by atoms with van der Waals surface area (Å²) in [6.07, 6.45) is 8.41. The van der Waals surface area contributed by atoms with Crippen LogP contribution in [0.15, 0.2) is 122 Å². The minimum Gasteiger partial charge on any atom is -0.299 e. The number of rotatable bonds is 5. The predicted molar refractivity (Wildman–Crippen MR) is 174 cm³/mol. The molecule has 192 valence electrons. The zero-order valence-electron chi connectivity index (χ0n) is 22.0. The van der Waals surface area contributed by atoms with E-state index in [9.17, 15) is 0 Å². The molecule has 40 heavy (non-hydrogen) atoms. The van der Waals surface area contributed by atoms with E-state index < -0.39 is 0 Å². The van der Waals surface area contributed by atoms with Gasteiger partial charge in [-0.1, -0.05) is 91.5 Å². The molecule has 0 unspecified atom stereocenters. The summed E-state index contributed by atoms with van der Waals surface area (Å²) >= 11 is 3.64. The molecule has 4 aromatic heterocycles. The van der Waals surface area contributed by atoms with E-state index in [1.165, 1.54) is 41.4 Å². The van der Waals surface area contributed by atoms with E-state index in [2.05, 4.69) is 139 Å². The summed E-state index contributed by atoms with van der Waals surface area (Å²) in [6, 6.07) is 36.4. The number of hydrogen-bond donors (Lipinski definition) is 0. The van der Waals surface area contributed by atoms with Crippen LogP contribution in [0.2, 0.25) is 0 Å². The van der Waals surface area contributed by atoms with Crippen molar-refractivity contribution < 1.29 is 0 Å². The van der Waals surface area contributed by atoms with Crippen molar-refractivity contribution in [2.45, 2.75) is 6.92 Å². The average molecular weight is 551 g/mol. The second-order valence-corrected chi connectivity index (χ2v) is 11.7. The van der Waals surface area contributed by atoms with Crippen molar-refractivity contribution in [2.75, 3.05) is 0 Å². The van der Waals surface area contributed by atoms with Crippen LogP contribution >= 0.6 is 22.7 Å². The van der Waals surface area contributed by atoms with Gasteiger partial charge < -0.3 is 0 Å². The first-order chi connectivity index (χ1) is 19.8. The number of imidazole rings is 1. The van der Waals surface area contributed by atoms with Crippen molar-refractivity contribution in [3.8, 4) is 41.8 Å². The van der Waals surface area contributed by atoms with Gasteiger partial charge in [-0.15, -0.1) is 22.7 Å². The summed E-state index contributed by atoms with van der Waals surface area (Å²) in [5.41, 5.74) is 7.91. The molecule has 0 saturated heterocycles. The molecule has 4 heterocycles. The van der Waals surface area contributed by atoms with Gasteiger partial charge in [0.25, 0.3) is 0 Å². The van der Waals surface area contributed by atoms with Gasteiger partial charge >= 0.3 is 0 Å². The van der Waals surface area contributed by atoms with Gasteiger partial charge in [0.1, 0.15) is 5.65 Å². The summed E-state index contributed by atoms with van der Waals surface area (Å²) in [6.45, 7) is 6.23. The minimum absolute atomic E-state index is 0.942. The van der Waals surface area contributed by atoms with E-state index in [1.54, 1.807) is 0 Å². The second-order valence-electron chi connectivity index (χ2n) is 9.57. The van der Waals surface area contributed by atoms with E-state index in [0.29, 0.717) is 0 Å². The van der Waals surface area contributed by atoms with Crippen molar-refractivity contribution >= 4 is 51.5 Å². The molecule has 4 heteroatoms. The smallest absolute Gasteiger partial charge is 0.137 e. The van der Waals surface area contributed by atoms with Crippen molar-refractivity contribution in [3.05, 3.63) is 132 Å². The number of nitrogens with zero attached hydrogens (tertiary/aromatic N) is 2. The summed E-state index contributed by atoms with van der Waals surface area (Å²) in [4.78, 5) is 10.2. The van der Waals surface area contributed by atoms with Crippen LogP contribution in [-0.4, -0.2) is 9.38 Å². The normalized spacial score (nSPS) is 12.5. The van der Waals surface area contributed by atoms with Crippen LogP contribution in [0.1, 0.15) is 6.92 Å². The van der Waals surface area contributed by atoms with Gasteiger partial charge in [-0.25, -0.2) is 4.98 Å². The Labute approximate surface area is 241 Å². The number of fused-ring (bicyclic) bond motifs is 3. The number of benzene rings is 3. The fraction of sp³-hybridized carbons (Fsp3) is 0.0278. The van der Waals surface area contributed by atoms with Crippen molar-refractivity contribution in [1.29, 1.82) is 0 Å². The van der Waals surface area contributed by atoms with Crippen LogP contribution in [0, 0.1) is 0 Å². The van der Waals surface area contributed by atoms with E-state index in [4.69, 9.17) is 4.98 Å². The SMILES string of the molecule is C=C/C=c1/c(-c2ccc(-c3ccccc3)s2)c2nc3ccccn3c2c(-c2ccc(-c3ccccc3)s2)/c1=C/C. The molecule has 0 amide bonds. The van der Waals surface area contributed by atoms with E-state index in [0.717, 1.165) is 27.5 Å². The molecule has 2 nitrogen and oxygen atoms in total. The molecule has 0 spiro atoms. The zero-order chi connectivity index (χ0) is 27.1. The highest BCUT2D eigenvalue weighted by atomic mass is 32.1. The monoisotopic (exact) mass is 550 g/mol. The molecule has 0 fully saturated rings. The molecule has 0 aliphatic carbocycles. The minimum atomic E-state index is 0.942. The fourth-order valence-electron chi connectivity index (χ4n) is 5.48. The first-order valence-electron chi connectivity index (χ1n) is 13.3. The topological polar surface area (TPSA) is 17.3 Å². The molecule has 7 aromatic rings. The molecule has 0 bridgehead atoms. The van der Waals surface area contributed by atoms with Crippen molar-refractivity contribution in [3.63, 3.8) is 0 Å². The highest BCUT2D eigenvalue weighted by Gasteiger charge is 2.21. The highest BCUT2D eigenvalue weighted by Crippen LogP contribution is 2.40. The quantitative estimate of drug-likeness (QED) is 0.209. The molecule has 0 aliphatic rings. The van der Waals surface area contributed by atoms with E-state index >= 15 is 0 Å². The molecule has 0 aliphatic heterocycles. The van der Waals surface area contributed by atoms with Crippen LogP contribution < -0.4 is 10.4 Å². The molecule has 0 saturated carbocycles. The molecular formula is C36H26N2S2. The number of allylic oxidation sites excluding steroid dienone is 1. The lowest BCUT2D eigenvalue weighted by molar-refractivity contribution is 1.23. The maximum atomic E-state index is 5.25. The first-order valence-corrected chi connectivity index (χ1v) is 14.9. The lowest BCUT2D eigenvalue weighted by Crippen LogP contribution is -2.29. The average Bonchev–Trinajstić information content (AvgIpc) is 3.77. The third-order valence-electron chi connectivity index (χ3n) is 7.23. The maximum absolute atomic E-state index is 5.25.